The van der Waals surface area contributed by atoms with Crippen molar-refractivity contribution in [2.75, 3.05) is 59.9 Å². The molecule has 0 radical (unpaired) electrons. The summed E-state index contributed by atoms with van der Waals surface area (Å²) in [4.78, 5) is 7.42. The molecule has 1 aromatic carbocycles. The second-order valence-electron chi connectivity index (χ2n) is 6.21. The Morgan fingerprint density at radius 3 is 2.10 bits per heavy atom. The highest BCUT2D eigenvalue weighted by Crippen LogP contribution is 2.10. The Hall–Kier alpha value is -0.940. The van der Waals surface area contributed by atoms with Gasteiger partial charge in [0.2, 0.25) is 0 Å². The highest BCUT2D eigenvalue weighted by molar-refractivity contribution is 5.27. The first-order valence-corrected chi connectivity index (χ1v) is 8.05. The lowest BCUT2D eigenvalue weighted by Gasteiger charge is -2.35. The number of benzene rings is 1. The minimum absolute atomic E-state index is 0.647. The maximum atomic E-state index is 5.81. The fourth-order valence-electron chi connectivity index (χ4n) is 2.86. The summed E-state index contributed by atoms with van der Waals surface area (Å²) in [5, 5.41) is 0. The van der Waals surface area contributed by atoms with E-state index in [1.807, 2.05) is 0 Å². The summed E-state index contributed by atoms with van der Waals surface area (Å²) >= 11 is 0. The molecule has 2 rings (SSSR count). The molecule has 0 atom stereocenters. The number of piperazine rings is 1. The molecule has 0 unspecified atom stereocenters. The van der Waals surface area contributed by atoms with Gasteiger partial charge in [0, 0.05) is 52.4 Å². The molecule has 0 bridgehead atoms. The molecular formula is C17H30N4. The second-order valence-corrected chi connectivity index (χ2v) is 6.21. The summed E-state index contributed by atoms with van der Waals surface area (Å²) < 4.78 is 0. The van der Waals surface area contributed by atoms with Gasteiger partial charge in [0.25, 0.3) is 0 Å². The van der Waals surface area contributed by atoms with Crippen LogP contribution in [0.2, 0.25) is 0 Å². The normalized spacial score (nSPS) is 17.5. The summed E-state index contributed by atoms with van der Waals surface area (Å²) in [6.45, 7) is 8.93. The maximum Gasteiger partial charge on any atom is 0.0180 e. The molecule has 0 spiro atoms. The summed E-state index contributed by atoms with van der Waals surface area (Å²) in [6, 6.07) is 8.56. The van der Waals surface area contributed by atoms with Crippen molar-refractivity contribution < 1.29 is 0 Å². The average Bonchev–Trinajstić information content (AvgIpc) is 2.52. The quantitative estimate of drug-likeness (QED) is 0.808. The molecule has 0 amide bonds. The van der Waals surface area contributed by atoms with Crippen LogP contribution in [0.5, 0.6) is 0 Å². The van der Waals surface area contributed by atoms with Gasteiger partial charge in [-0.3, -0.25) is 4.90 Å². The highest BCUT2D eigenvalue weighted by atomic mass is 15.3. The van der Waals surface area contributed by atoms with Gasteiger partial charge in [-0.05, 0) is 31.6 Å². The highest BCUT2D eigenvalue weighted by Gasteiger charge is 2.16. The van der Waals surface area contributed by atoms with E-state index in [0.717, 1.165) is 19.5 Å². The molecule has 1 aliphatic rings. The Bertz CT molecular complexity index is 411. The molecule has 2 N–H and O–H groups in total. The molecule has 1 fully saturated rings. The van der Waals surface area contributed by atoms with Gasteiger partial charge in [0.15, 0.2) is 0 Å². The molecule has 1 aliphatic heterocycles. The van der Waals surface area contributed by atoms with Crippen LogP contribution in [0.4, 0.5) is 0 Å². The third-order valence-corrected chi connectivity index (χ3v) is 4.36. The number of nitrogens with two attached hydrogens (primary N) is 1. The number of hydrogen-bond acceptors (Lipinski definition) is 4. The van der Waals surface area contributed by atoms with Crippen molar-refractivity contribution in [1.82, 2.24) is 14.7 Å². The SMILES string of the molecule is CN(C)CCN1CCN(CCc2ccccc2CN)CC1. The molecule has 1 aromatic rings. The Kier molecular flexibility index (Phi) is 6.64. The summed E-state index contributed by atoms with van der Waals surface area (Å²) in [7, 11) is 4.29. The topological polar surface area (TPSA) is 35.7 Å². The molecular weight excluding hydrogens is 260 g/mol. The first-order valence-electron chi connectivity index (χ1n) is 8.05. The van der Waals surface area contributed by atoms with Crippen LogP contribution in [0.3, 0.4) is 0 Å². The van der Waals surface area contributed by atoms with Gasteiger partial charge in [-0.25, -0.2) is 0 Å². The van der Waals surface area contributed by atoms with Crippen LogP contribution in [-0.4, -0.2) is 74.6 Å². The molecule has 21 heavy (non-hydrogen) atoms. The van der Waals surface area contributed by atoms with E-state index in [9.17, 15) is 0 Å². The van der Waals surface area contributed by atoms with Crippen LogP contribution in [0.15, 0.2) is 24.3 Å². The summed E-state index contributed by atoms with van der Waals surface area (Å²) in [6.07, 6.45) is 1.12. The van der Waals surface area contributed by atoms with Crippen LogP contribution < -0.4 is 5.73 Å². The average molecular weight is 290 g/mol. The fourth-order valence-corrected chi connectivity index (χ4v) is 2.86. The van der Waals surface area contributed by atoms with Crippen molar-refractivity contribution in [2.45, 2.75) is 13.0 Å². The van der Waals surface area contributed by atoms with Gasteiger partial charge >= 0.3 is 0 Å². The lowest BCUT2D eigenvalue weighted by molar-refractivity contribution is 0.126. The van der Waals surface area contributed by atoms with Gasteiger partial charge < -0.3 is 15.5 Å². The van der Waals surface area contributed by atoms with Crippen molar-refractivity contribution in [3.8, 4) is 0 Å². The van der Waals surface area contributed by atoms with E-state index in [4.69, 9.17) is 5.73 Å². The minimum Gasteiger partial charge on any atom is -0.326 e. The van der Waals surface area contributed by atoms with Crippen LogP contribution >= 0.6 is 0 Å². The number of hydrogen-bond donors (Lipinski definition) is 1. The van der Waals surface area contributed by atoms with E-state index >= 15 is 0 Å². The lowest BCUT2D eigenvalue weighted by atomic mass is 10.0. The van der Waals surface area contributed by atoms with Crippen LogP contribution in [0.25, 0.3) is 0 Å². The van der Waals surface area contributed by atoms with Gasteiger partial charge in [0.05, 0.1) is 0 Å². The van der Waals surface area contributed by atoms with Gasteiger partial charge in [0.1, 0.15) is 0 Å². The van der Waals surface area contributed by atoms with E-state index in [0.29, 0.717) is 6.54 Å². The zero-order valence-electron chi connectivity index (χ0n) is 13.6. The molecule has 0 aliphatic carbocycles. The molecule has 4 nitrogen and oxygen atoms in total. The first-order chi connectivity index (χ1) is 10.2. The minimum atomic E-state index is 0.647. The maximum absolute atomic E-state index is 5.81. The molecule has 4 heteroatoms. The Morgan fingerprint density at radius 2 is 1.52 bits per heavy atom. The Morgan fingerprint density at radius 1 is 0.952 bits per heavy atom. The van der Waals surface area contributed by atoms with Crippen molar-refractivity contribution in [1.29, 1.82) is 0 Å². The van der Waals surface area contributed by atoms with Crippen molar-refractivity contribution in [3.63, 3.8) is 0 Å². The zero-order chi connectivity index (χ0) is 15.1. The van der Waals surface area contributed by atoms with E-state index in [-0.39, 0.29) is 0 Å². The molecule has 1 heterocycles. The smallest absolute Gasteiger partial charge is 0.0180 e. The predicted molar refractivity (Wildman–Crippen MR) is 89.5 cm³/mol. The Labute approximate surface area is 129 Å². The fraction of sp³-hybridized carbons (Fsp3) is 0.647. The van der Waals surface area contributed by atoms with Gasteiger partial charge in [-0.1, -0.05) is 24.3 Å². The van der Waals surface area contributed by atoms with Crippen molar-refractivity contribution >= 4 is 0 Å². The van der Waals surface area contributed by atoms with Crippen molar-refractivity contribution in [2.24, 2.45) is 5.73 Å². The number of likely N-dealkylation sites (N-methyl/N-ethyl adjacent to an activating group) is 1. The van der Waals surface area contributed by atoms with E-state index in [1.54, 1.807) is 0 Å². The van der Waals surface area contributed by atoms with E-state index in [2.05, 4.69) is 53.1 Å². The van der Waals surface area contributed by atoms with E-state index < -0.39 is 0 Å². The lowest BCUT2D eigenvalue weighted by Crippen LogP contribution is -2.48. The number of nitrogens with zero attached hydrogens (tertiary/aromatic N) is 3. The first kappa shape index (κ1) is 16.4. The van der Waals surface area contributed by atoms with Crippen LogP contribution in [-0.2, 0) is 13.0 Å². The standard InChI is InChI=1S/C17H30N4/c1-19(2)9-10-21-13-11-20(12-14-21)8-7-16-5-3-4-6-17(16)15-18/h3-6H,7-15,18H2,1-2H3. The zero-order valence-corrected chi connectivity index (χ0v) is 13.6. The van der Waals surface area contributed by atoms with Crippen LogP contribution in [0, 0.1) is 0 Å². The second kappa shape index (κ2) is 8.49. The summed E-state index contributed by atoms with van der Waals surface area (Å²) in [5.41, 5.74) is 8.52. The van der Waals surface area contributed by atoms with Gasteiger partial charge in [-0.2, -0.15) is 0 Å². The largest absolute Gasteiger partial charge is 0.326 e. The molecule has 0 saturated carbocycles. The predicted octanol–water partition coefficient (Wildman–Crippen LogP) is 0.867. The molecule has 1 saturated heterocycles. The van der Waals surface area contributed by atoms with Crippen LogP contribution in [0.1, 0.15) is 11.1 Å². The number of rotatable bonds is 7. The molecule has 118 valence electrons. The monoisotopic (exact) mass is 290 g/mol. The summed E-state index contributed by atoms with van der Waals surface area (Å²) in [5.74, 6) is 0. The van der Waals surface area contributed by atoms with E-state index in [1.165, 1.54) is 43.9 Å². The van der Waals surface area contributed by atoms with Gasteiger partial charge in [-0.15, -0.1) is 0 Å². The third-order valence-electron chi connectivity index (χ3n) is 4.36. The molecule has 0 aromatic heterocycles. The Balaban J connectivity index is 1.71. The van der Waals surface area contributed by atoms with Crippen molar-refractivity contribution in [3.05, 3.63) is 35.4 Å². The third kappa shape index (κ3) is 5.40.